The summed E-state index contributed by atoms with van der Waals surface area (Å²) in [6, 6.07) is 27.2. The van der Waals surface area contributed by atoms with Gasteiger partial charge in [0.15, 0.2) is 0 Å². The normalized spacial score (nSPS) is 15.7. The Labute approximate surface area is 182 Å². The first-order valence-corrected chi connectivity index (χ1v) is 10.5. The van der Waals surface area contributed by atoms with Gasteiger partial charge in [-0.25, -0.2) is 0 Å². The van der Waals surface area contributed by atoms with Crippen molar-refractivity contribution in [3.63, 3.8) is 0 Å². The number of ether oxygens (including phenoxy) is 1. The zero-order valence-corrected chi connectivity index (χ0v) is 17.6. The van der Waals surface area contributed by atoms with E-state index in [1.165, 1.54) is 0 Å². The number of hydrogen-bond acceptors (Lipinski definition) is 3. The van der Waals surface area contributed by atoms with E-state index in [1.807, 2.05) is 84.9 Å². The van der Waals surface area contributed by atoms with Gasteiger partial charge in [0.1, 0.15) is 18.3 Å². The van der Waals surface area contributed by atoms with Crippen LogP contribution in [0.15, 0.2) is 84.9 Å². The number of carbonyl (C=O) groups excluding carboxylic acids is 2. The van der Waals surface area contributed by atoms with E-state index >= 15 is 0 Å². The highest BCUT2D eigenvalue weighted by Crippen LogP contribution is 2.28. The Morgan fingerprint density at radius 3 is 2.19 bits per heavy atom. The van der Waals surface area contributed by atoms with Crippen molar-refractivity contribution in [3.05, 3.63) is 96.1 Å². The maximum atomic E-state index is 12.9. The third-order valence-corrected chi connectivity index (χ3v) is 5.54. The molecule has 1 heterocycles. The van der Waals surface area contributed by atoms with E-state index < -0.39 is 5.92 Å². The third kappa shape index (κ3) is 4.94. The van der Waals surface area contributed by atoms with Crippen molar-refractivity contribution >= 4 is 17.5 Å². The lowest BCUT2D eigenvalue weighted by Crippen LogP contribution is -2.37. The summed E-state index contributed by atoms with van der Waals surface area (Å²) in [6.07, 6.45) is 0.531. The SMILES string of the molecule is CN(Cc1ccccc1)C(=O)[C@H]1CCN(c2ccc(OCc3ccccc3)cc2)C1=O. The maximum absolute atomic E-state index is 12.9. The predicted molar refractivity (Wildman–Crippen MR) is 121 cm³/mol. The van der Waals surface area contributed by atoms with Gasteiger partial charge in [0, 0.05) is 25.8 Å². The van der Waals surface area contributed by atoms with E-state index in [9.17, 15) is 9.59 Å². The lowest BCUT2D eigenvalue weighted by Gasteiger charge is -2.21. The summed E-state index contributed by atoms with van der Waals surface area (Å²) in [6.45, 7) is 1.53. The standard InChI is InChI=1S/C26H26N2O3/c1-27(18-20-8-4-2-5-9-20)25(29)24-16-17-28(26(24)30)22-12-14-23(15-13-22)31-19-21-10-6-3-7-11-21/h2-15,24H,16-19H2,1H3/t24-/m1/s1. The Balaban J connectivity index is 1.35. The molecular weight excluding hydrogens is 388 g/mol. The molecule has 31 heavy (non-hydrogen) atoms. The molecule has 3 aromatic carbocycles. The molecule has 4 rings (SSSR count). The molecule has 5 heteroatoms. The van der Waals surface area contributed by atoms with Crippen molar-refractivity contribution < 1.29 is 14.3 Å². The number of hydrogen-bond donors (Lipinski definition) is 0. The Hall–Kier alpha value is -3.60. The fraction of sp³-hybridized carbons (Fsp3) is 0.231. The summed E-state index contributed by atoms with van der Waals surface area (Å²) in [5, 5.41) is 0. The largest absolute Gasteiger partial charge is 0.489 e. The molecule has 3 aromatic rings. The monoisotopic (exact) mass is 414 g/mol. The first kappa shape index (κ1) is 20.7. The van der Waals surface area contributed by atoms with E-state index in [4.69, 9.17) is 4.74 Å². The molecule has 0 bridgehead atoms. The van der Waals surface area contributed by atoms with E-state index in [-0.39, 0.29) is 11.8 Å². The van der Waals surface area contributed by atoms with Crippen LogP contribution < -0.4 is 9.64 Å². The van der Waals surface area contributed by atoms with Gasteiger partial charge in [-0.3, -0.25) is 9.59 Å². The third-order valence-electron chi connectivity index (χ3n) is 5.54. The number of benzene rings is 3. The first-order chi connectivity index (χ1) is 15.1. The number of nitrogens with zero attached hydrogens (tertiary/aromatic N) is 2. The Bertz CT molecular complexity index is 1020. The van der Waals surface area contributed by atoms with Crippen LogP contribution in [-0.4, -0.2) is 30.3 Å². The molecule has 1 aliphatic heterocycles. The van der Waals surface area contributed by atoms with Crippen LogP contribution in [0.2, 0.25) is 0 Å². The Morgan fingerprint density at radius 1 is 0.935 bits per heavy atom. The quantitative estimate of drug-likeness (QED) is 0.543. The smallest absolute Gasteiger partial charge is 0.239 e. The van der Waals surface area contributed by atoms with Gasteiger partial charge in [-0.1, -0.05) is 60.7 Å². The van der Waals surface area contributed by atoms with Crippen molar-refractivity contribution in [2.24, 2.45) is 5.92 Å². The van der Waals surface area contributed by atoms with Gasteiger partial charge in [-0.05, 0) is 41.8 Å². The molecule has 0 radical (unpaired) electrons. The van der Waals surface area contributed by atoms with Crippen LogP contribution in [0.5, 0.6) is 5.75 Å². The summed E-state index contributed by atoms with van der Waals surface area (Å²) < 4.78 is 5.82. The molecule has 1 atom stereocenters. The molecule has 0 spiro atoms. The van der Waals surface area contributed by atoms with Crippen LogP contribution in [0, 0.1) is 5.92 Å². The predicted octanol–water partition coefficient (Wildman–Crippen LogP) is 4.28. The van der Waals surface area contributed by atoms with Crippen molar-refractivity contribution in [2.75, 3.05) is 18.5 Å². The van der Waals surface area contributed by atoms with Crippen LogP contribution in [0.25, 0.3) is 0 Å². The molecular formula is C26H26N2O3. The molecule has 5 nitrogen and oxygen atoms in total. The average Bonchev–Trinajstić information content (AvgIpc) is 3.20. The van der Waals surface area contributed by atoms with Gasteiger partial charge in [0.25, 0.3) is 0 Å². The topological polar surface area (TPSA) is 49.9 Å². The second-order valence-corrected chi connectivity index (χ2v) is 7.78. The van der Waals surface area contributed by atoms with Gasteiger partial charge in [0.2, 0.25) is 11.8 Å². The second-order valence-electron chi connectivity index (χ2n) is 7.78. The zero-order valence-electron chi connectivity index (χ0n) is 17.6. The average molecular weight is 415 g/mol. The van der Waals surface area contributed by atoms with Crippen molar-refractivity contribution in [1.82, 2.24) is 4.90 Å². The lowest BCUT2D eigenvalue weighted by atomic mass is 10.1. The second kappa shape index (κ2) is 9.47. The Kier molecular flexibility index (Phi) is 6.32. The van der Waals surface area contributed by atoms with Crippen LogP contribution in [0.3, 0.4) is 0 Å². The van der Waals surface area contributed by atoms with Crippen LogP contribution in [0.4, 0.5) is 5.69 Å². The molecule has 0 saturated carbocycles. The van der Waals surface area contributed by atoms with Gasteiger partial charge < -0.3 is 14.5 Å². The van der Waals surface area contributed by atoms with E-state index in [0.29, 0.717) is 26.1 Å². The summed E-state index contributed by atoms with van der Waals surface area (Å²) in [5.41, 5.74) is 2.94. The maximum Gasteiger partial charge on any atom is 0.239 e. The van der Waals surface area contributed by atoms with Crippen LogP contribution in [0.1, 0.15) is 17.5 Å². The fourth-order valence-electron chi connectivity index (χ4n) is 3.83. The molecule has 1 aliphatic rings. The number of rotatable bonds is 7. The number of carbonyl (C=O) groups is 2. The van der Waals surface area contributed by atoms with Crippen molar-refractivity contribution in [1.29, 1.82) is 0 Å². The first-order valence-electron chi connectivity index (χ1n) is 10.5. The molecule has 0 unspecified atom stereocenters. The highest BCUT2D eigenvalue weighted by Gasteiger charge is 2.38. The van der Waals surface area contributed by atoms with Crippen molar-refractivity contribution in [2.45, 2.75) is 19.6 Å². The van der Waals surface area contributed by atoms with Gasteiger partial charge in [-0.2, -0.15) is 0 Å². The molecule has 1 saturated heterocycles. The molecule has 0 aromatic heterocycles. The minimum Gasteiger partial charge on any atom is -0.489 e. The molecule has 158 valence electrons. The minimum atomic E-state index is -0.622. The molecule has 0 aliphatic carbocycles. The van der Waals surface area contributed by atoms with E-state index in [2.05, 4.69) is 0 Å². The van der Waals surface area contributed by atoms with Gasteiger partial charge in [0.05, 0.1) is 0 Å². The van der Waals surface area contributed by atoms with Gasteiger partial charge in [-0.15, -0.1) is 0 Å². The number of anilines is 1. The zero-order chi connectivity index (χ0) is 21.6. The molecule has 1 fully saturated rings. The van der Waals surface area contributed by atoms with Gasteiger partial charge >= 0.3 is 0 Å². The lowest BCUT2D eigenvalue weighted by molar-refractivity contribution is -0.139. The van der Waals surface area contributed by atoms with Crippen LogP contribution in [-0.2, 0) is 22.7 Å². The highest BCUT2D eigenvalue weighted by molar-refractivity contribution is 6.09. The summed E-state index contributed by atoms with van der Waals surface area (Å²) in [5.74, 6) is -0.140. The number of amides is 2. The minimum absolute atomic E-state index is 0.126. The summed E-state index contributed by atoms with van der Waals surface area (Å²) in [4.78, 5) is 29.2. The van der Waals surface area contributed by atoms with E-state index in [0.717, 1.165) is 22.6 Å². The van der Waals surface area contributed by atoms with Crippen LogP contribution >= 0.6 is 0 Å². The fourth-order valence-corrected chi connectivity index (χ4v) is 3.83. The summed E-state index contributed by atoms with van der Waals surface area (Å²) in [7, 11) is 1.75. The summed E-state index contributed by atoms with van der Waals surface area (Å²) >= 11 is 0. The molecule has 2 amide bonds. The van der Waals surface area contributed by atoms with E-state index in [1.54, 1.807) is 16.8 Å². The molecule has 0 N–H and O–H groups in total. The Morgan fingerprint density at radius 2 is 1.55 bits per heavy atom. The van der Waals surface area contributed by atoms with Crippen molar-refractivity contribution in [3.8, 4) is 5.75 Å². The highest BCUT2D eigenvalue weighted by atomic mass is 16.5.